The fourth-order valence-electron chi connectivity index (χ4n) is 3.82. The van der Waals surface area contributed by atoms with Gasteiger partial charge in [-0.3, -0.25) is 4.79 Å². The Hall–Kier alpha value is -2.96. The lowest BCUT2D eigenvalue weighted by Gasteiger charge is -2.28. The summed E-state index contributed by atoms with van der Waals surface area (Å²) < 4.78 is 30.6. The molecular weight excluding hydrogens is 420 g/mol. The van der Waals surface area contributed by atoms with Gasteiger partial charge in [0.2, 0.25) is 10.0 Å². The smallest absolute Gasteiger partial charge is 0.255 e. The summed E-state index contributed by atoms with van der Waals surface area (Å²) in [6, 6.07) is 23.8. The Labute approximate surface area is 191 Å². The molecule has 3 rings (SSSR count). The number of nitrogens with zero attached hydrogens (tertiary/aromatic N) is 1. The molecule has 0 aromatic heterocycles. The summed E-state index contributed by atoms with van der Waals surface area (Å²) >= 11 is 0. The minimum absolute atomic E-state index is 0.00658. The van der Waals surface area contributed by atoms with Crippen molar-refractivity contribution in [2.75, 3.05) is 13.1 Å². The van der Waals surface area contributed by atoms with Crippen molar-refractivity contribution >= 4 is 15.9 Å². The van der Waals surface area contributed by atoms with Gasteiger partial charge >= 0.3 is 0 Å². The summed E-state index contributed by atoms with van der Waals surface area (Å²) in [6.45, 7) is 8.38. The molecule has 0 saturated heterocycles. The minimum Gasteiger partial charge on any atom is -0.339 e. The highest BCUT2D eigenvalue weighted by atomic mass is 32.2. The molecule has 0 unspecified atom stereocenters. The van der Waals surface area contributed by atoms with E-state index in [1.807, 2.05) is 88.4 Å². The van der Waals surface area contributed by atoms with Crippen LogP contribution in [0.4, 0.5) is 0 Å². The van der Waals surface area contributed by atoms with E-state index in [1.165, 1.54) is 0 Å². The third kappa shape index (κ3) is 4.92. The summed E-state index contributed by atoms with van der Waals surface area (Å²) in [6.07, 6.45) is 0. The van der Waals surface area contributed by atoms with Crippen LogP contribution in [0, 0.1) is 0 Å². The number of benzene rings is 3. The first kappa shape index (κ1) is 23.7. The van der Waals surface area contributed by atoms with Crippen molar-refractivity contribution in [1.82, 2.24) is 9.62 Å². The van der Waals surface area contributed by atoms with E-state index in [4.69, 9.17) is 0 Å². The molecule has 1 amide bonds. The van der Waals surface area contributed by atoms with Crippen LogP contribution in [0.2, 0.25) is 0 Å². The van der Waals surface area contributed by atoms with Crippen molar-refractivity contribution < 1.29 is 13.2 Å². The second-order valence-corrected chi connectivity index (χ2v) is 9.74. The van der Waals surface area contributed by atoms with Crippen LogP contribution in [-0.4, -0.2) is 32.3 Å². The number of nitrogens with one attached hydrogen (secondary N) is 1. The van der Waals surface area contributed by atoms with Crippen molar-refractivity contribution in [3.8, 4) is 11.1 Å². The second-order valence-electron chi connectivity index (χ2n) is 8.12. The first-order valence-electron chi connectivity index (χ1n) is 10.8. The molecule has 3 aromatic rings. The zero-order valence-corrected chi connectivity index (χ0v) is 19.8. The van der Waals surface area contributed by atoms with Gasteiger partial charge in [0.25, 0.3) is 5.91 Å². The molecule has 0 saturated carbocycles. The number of carbonyl (C=O) groups is 1. The molecule has 32 heavy (non-hydrogen) atoms. The lowest BCUT2D eigenvalue weighted by molar-refractivity contribution is 0.0769. The number of carbonyl (C=O) groups excluding carboxylic acids is 1. The van der Waals surface area contributed by atoms with Gasteiger partial charge in [0.05, 0.1) is 11.1 Å². The van der Waals surface area contributed by atoms with E-state index < -0.39 is 15.6 Å². The molecule has 3 aromatic carbocycles. The Balaban J connectivity index is 2.21. The van der Waals surface area contributed by atoms with E-state index in [1.54, 1.807) is 23.1 Å². The molecule has 0 atom stereocenters. The van der Waals surface area contributed by atoms with Crippen LogP contribution in [0.1, 0.15) is 43.6 Å². The number of sulfonamides is 1. The average molecular weight is 451 g/mol. The quantitative estimate of drug-likeness (QED) is 0.522. The molecule has 0 heterocycles. The van der Waals surface area contributed by atoms with Crippen molar-refractivity contribution in [1.29, 1.82) is 0 Å². The second kappa shape index (κ2) is 9.67. The van der Waals surface area contributed by atoms with Gasteiger partial charge in [-0.15, -0.1) is 0 Å². The molecular formula is C26H30N2O3S. The summed E-state index contributed by atoms with van der Waals surface area (Å²) in [5.74, 6) is -0.300. The molecule has 0 aliphatic rings. The zero-order valence-electron chi connectivity index (χ0n) is 19.0. The van der Waals surface area contributed by atoms with Crippen LogP contribution >= 0.6 is 0 Å². The Morgan fingerprint density at radius 3 is 1.97 bits per heavy atom. The molecule has 5 nitrogen and oxygen atoms in total. The molecule has 0 radical (unpaired) electrons. The molecule has 0 spiro atoms. The number of hydrogen-bond acceptors (Lipinski definition) is 3. The SMILES string of the molecule is CCN(CC)C(=O)c1cccc(-c2ccccc2)c1S(=O)(=O)NC(C)(C)c1ccccc1. The van der Waals surface area contributed by atoms with Gasteiger partial charge < -0.3 is 4.90 Å². The maximum Gasteiger partial charge on any atom is 0.255 e. The highest BCUT2D eigenvalue weighted by Gasteiger charge is 2.33. The molecule has 0 bridgehead atoms. The fourth-order valence-corrected chi connectivity index (χ4v) is 5.63. The zero-order chi connectivity index (χ0) is 23.4. The molecule has 168 valence electrons. The van der Waals surface area contributed by atoms with E-state index >= 15 is 0 Å². The van der Waals surface area contributed by atoms with Crippen LogP contribution in [0.3, 0.4) is 0 Å². The van der Waals surface area contributed by atoms with Crippen molar-refractivity contribution in [3.05, 3.63) is 90.0 Å². The van der Waals surface area contributed by atoms with Gasteiger partial charge in [-0.05, 0) is 44.9 Å². The fraction of sp³-hybridized carbons (Fsp3) is 0.269. The average Bonchev–Trinajstić information content (AvgIpc) is 2.80. The van der Waals surface area contributed by atoms with Gasteiger partial charge in [-0.2, -0.15) is 0 Å². The van der Waals surface area contributed by atoms with Crippen LogP contribution in [-0.2, 0) is 15.6 Å². The maximum atomic E-state index is 13.9. The van der Waals surface area contributed by atoms with E-state index in [9.17, 15) is 13.2 Å². The van der Waals surface area contributed by atoms with Gasteiger partial charge in [-0.25, -0.2) is 13.1 Å². The Morgan fingerprint density at radius 1 is 0.844 bits per heavy atom. The van der Waals surface area contributed by atoms with Crippen molar-refractivity contribution in [2.45, 2.75) is 38.1 Å². The van der Waals surface area contributed by atoms with E-state index in [2.05, 4.69) is 4.72 Å². The molecule has 0 aliphatic carbocycles. The van der Waals surface area contributed by atoms with E-state index in [0.29, 0.717) is 18.7 Å². The highest BCUT2D eigenvalue weighted by Crippen LogP contribution is 2.33. The largest absolute Gasteiger partial charge is 0.339 e. The van der Waals surface area contributed by atoms with Crippen LogP contribution in [0.5, 0.6) is 0 Å². The third-order valence-electron chi connectivity index (χ3n) is 5.53. The topological polar surface area (TPSA) is 66.5 Å². The first-order chi connectivity index (χ1) is 15.2. The monoisotopic (exact) mass is 450 g/mol. The minimum atomic E-state index is -4.07. The molecule has 0 fully saturated rings. The van der Waals surface area contributed by atoms with Crippen LogP contribution < -0.4 is 4.72 Å². The van der Waals surface area contributed by atoms with Crippen LogP contribution in [0.15, 0.2) is 83.8 Å². The predicted octanol–water partition coefficient (Wildman–Crippen LogP) is 5.05. The Bertz CT molecular complexity index is 1170. The number of amides is 1. The van der Waals surface area contributed by atoms with Crippen LogP contribution in [0.25, 0.3) is 11.1 Å². The van der Waals surface area contributed by atoms with Gasteiger partial charge in [-0.1, -0.05) is 72.8 Å². The Kier molecular flexibility index (Phi) is 7.16. The lowest BCUT2D eigenvalue weighted by Crippen LogP contribution is -2.42. The van der Waals surface area contributed by atoms with Gasteiger partial charge in [0.15, 0.2) is 0 Å². The standard InChI is InChI=1S/C26H30N2O3S/c1-5-28(6-2)25(29)23-19-13-18-22(20-14-9-7-10-15-20)24(23)32(30,31)27-26(3,4)21-16-11-8-12-17-21/h7-19,27H,5-6H2,1-4H3. The number of rotatable bonds is 8. The normalized spacial score (nSPS) is 11.9. The highest BCUT2D eigenvalue weighted by molar-refractivity contribution is 7.89. The van der Waals surface area contributed by atoms with Gasteiger partial charge in [0, 0.05) is 18.7 Å². The first-order valence-corrected chi connectivity index (χ1v) is 12.3. The Morgan fingerprint density at radius 2 is 1.41 bits per heavy atom. The maximum absolute atomic E-state index is 13.9. The van der Waals surface area contributed by atoms with Crippen molar-refractivity contribution in [2.24, 2.45) is 0 Å². The van der Waals surface area contributed by atoms with E-state index in [0.717, 1.165) is 11.1 Å². The predicted molar refractivity (Wildman–Crippen MR) is 129 cm³/mol. The number of hydrogen-bond donors (Lipinski definition) is 1. The van der Waals surface area contributed by atoms with E-state index in [-0.39, 0.29) is 16.4 Å². The molecule has 1 N–H and O–H groups in total. The molecule has 0 aliphatic heterocycles. The third-order valence-corrected chi connectivity index (χ3v) is 7.29. The molecule has 6 heteroatoms. The summed E-state index contributed by atoms with van der Waals surface area (Å²) in [4.78, 5) is 15.0. The van der Waals surface area contributed by atoms with Crippen molar-refractivity contribution in [3.63, 3.8) is 0 Å². The summed E-state index contributed by atoms with van der Waals surface area (Å²) in [5, 5.41) is 0. The van der Waals surface area contributed by atoms with Gasteiger partial charge in [0.1, 0.15) is 4.90 Å². The summed E-state index contributed by atoms with van der Waals surface area (Å²) in [5.41, 5.74) is 1.36. The summed E-state index contributed by atoms with van der Waals surface area (Å²) in [7, 11) is -4.07. The lowest BCUT2D eigenvalue weighted by atomic mass is 9.96.